The van der Waals surface area contributed by atoms with Gasteiger partial charge in [0.1, 0.15) is 12.4 Å². The van der Waals surface area contributed by atoms with Crippen LogP contribution in [0.1, 0.15) is 24.3 Å². The number of carbonyl (C=O) groups is 1. The average Bonchev–Trinajstić information content (AvgIpc) is 2.52. The van der Waals surface area contributed by atoms with Crippen LogP contribution in [0, 0.1) is 0 Å². The Morgan fingerprint density at radius 2 is 1.90 bits per heavy atom. The van der Waals surface area contributed by atoms with Gasteiger partial charge in [-0.1, -0.05) is 12.1 Å². The van der Waals surface area contributed by atoms with Crippen LogP contribution in [0.2, 0.25) is 0 Å². The zero-order valence-corrected chi connectivity index (χ0v) is 12.5. The monoisotopic (exact) mass is 293 g/mol. The number of rotatable bonds is 6. The Morgan fingerprint density at radius 3 is 2.52 bits per heavy atom. The lowest BCUT2D eigenvalue weighted by molar-refractivity contribution is -0.137. The molecule has 0 atom stereocenters. The number of phenolic OH excluding ortho intramolecular Hbond substituents is 1. The van der Waals surface area contributed by atoms with Gasteiger partial charge in [-0.25, -0.2) is 0 Å². The molecule has 1 saturated heterocycles. The Bertz CT molecular complexity index is 438. The summed E-state index contributed by atoms with van der Waals surface area (Å²) in [5, 5.41) is 9.31. The first-order chi connectivity index (χ1) is 10.2. The molecule has 1 aliphatic heterocycles. The van der Waals surface area contributed by atoms with Crippen molar-refractivity contribution in [3.8, 4) is 5.75 Å². The van der Waals surface area contributed by atoms with Crippen molar-refractivity contribution in [2.45, 2.75) is 18.8 Å². The fourth-order valence-corrected chi connectivity index (χ4v) is 2.60. The predicted molar refractivity (Wildman–Crippen MR) is 79.4 cm³/mol. The molecule has 1 aromatic rings. The summed E-state index contributed by atoms with van der Waals surface area (Å²) in [5.41, 5.74) is 1.23. The molecule has 0 radical (unpaired) electrons. The highest BCUT2D eigenvalue weighted by Gasteiger charge is 2.23. The third kappa shape index (κ3) is 4.72. The number of aromatic hydroxyl groups is 1. The number of benzene rings is 1. The van der Waals surface area contributed by atoms with E-state index in [4.69, 9.17) is 9.47 Å². The lowest BCUT2D eigenvalue weighted by Gasteiger charge is -2.32. The SMILES string of the molecule is COCCOCC(=O)N1CCC(c2ccc(O)cc2)CC1. The molecular formula is C16H23NO4. The minimum absolute atomic E-state index is 0.0512. The fourth-order valence-electron chi connectivity index (χ4n) is 2.60. The number of methoxy groups -OCH3 is 1. The van der Waals surface area contributed by atoms with Crippen molar-refractivity contribution >= 4 is 5.91 Å². The first-order valence-electron chi connectivity index (χ1n) is 7.34. The molecule has 0 saturated carbocycles. The summed E-state index contributed by atoms with van der Waals surface area (Å²) in [6, 6.07) is 7.36. The molecule has 5 nitrogen and oxygen atoms in total. The first kappa shape index (κ1) is 15.8. The summed E-state index contributed by atoms with van der Waals surface area (Å²) in [7, 11) is 1.61. The molecule has 21 heavy (non-hydrogen) atoms. The van der Waals surface area contributed by atoms with Gasteiger partial charge in [-0.2, -0.15) is 0 Å². The zero-order valence-electron chi connectivity index (χ0n) is 12.5. The van der Waals surface area contributed by atoms with E-state index in [2.05, 4.69) is 0 Å². The maximum atomic E-state index is 12.0. The van der Waals surface area contributed by atoms with Crippen molar-refractivity contribution < 1.29 is 19.4 Å². The number of nitrogens with zero attached hydrogens (tertiary/aromatic N) is 1. The molecule has 116 valence electrons. The molecule has 2 rings (SSSR count). The van der Waals surface area contributed by atoms with Gasteiger partial charge in [0.2, 0.25) is 5.91 Å². The van der Waals surface area contributed by atoms with Crippen LogP contribution < -0.4 is 0 Å². The molecule has 5 heteroatoms. The molecule has 1 N–H and O–H groups in total. The number of amides is 1. The molecule has 1 aromatic carbocycles. The third-order valence-corrected chi connectivity index (χ3v) is 3.87. The Kier molecular flexibility index (Phi) is 6.02. The highest BCUT2D eigenvalue weighted by molar-refractivity contribution is 5.77. The van der Waals surface area contributed by atoms with Crippen molar-refractivity contribution in [2.75, 3.05) is 40.0 Å². The smallest absolute Gasteiger partial charge is 0.248 e. The van der Waals surface area contributed by atoms with Crippen LogP contribution in [-0.2, 0) is 14.3 Å². The van der Waals surface area contributed by atoms with Crippen molar-refractivity contribution in [2.24, 2.45) is 0 Å². The standard InChI is InChI=1S/C16H23NO4/c1-20-10-11-21-12-16(19)17-8-6-14(7-9-17)13-2-4-15(18)5-3-13/h2-5,14,18H,6-12H2,1H3. The summed E-state index contributed by atoms with van der Waals surface area (Å²) >= 11 is 0. The maximum Gasteiger partial charge on any atom is 0.248 e. The molecule has 1 aliphatic rings. The van der Waals surface area contributed by atoms with Crippen LogP contribution in [0.15, 0.2) is 24.3 Å². The van der Waals surface area contributed by atoms with Crippen LogP contribution in [0.3, 0.4) is 0 Å². The normalized spacial score (nSPS) is 16.1. The summed E-state index contributed by atoms with van der Waals surface area (Å²) in [6.45, 7) is 2.62. The van der Waals surface area contributed by atoms with Gasteiger partial charge in [-0.05, 0) is 36.5 Å². The lowest BCUT2D eigenvalue weighted by atomic mass is 9.89. The predicted octanol–water partition coefficient (Wildman–Crippen LogP) is 1.76. The summed E-state index contributed by atoms with van der Waals surface area (Å²) in [6.07, 6.45) is 1.91. The number of carbonyl (C=O) groups excluding carboxylic acids is 1. The van der Waals surface area contributed by atoms with Crippen molar-refractivity contribution in [3.05, 3.63) is 29.8 Å². The van der Waals surface area contributed by atoms with E-state index in [9.17, 15) is 9.90 Å². The molecular weight excluding hydrogens is 270 g/mol. The fraction of sp³-hybridized carbons (Fsp3) is 0.562. The summed E-state index contributed by atoms with van der Waals surface area (Å²) in [4.78, 5) is 13.8. The van der Waals surface area contributed by atoms with E-state index in [0.717, 1.165) is 25.9 Å². The van der Waals surface area contributed by atoms with Gasteiger partial charge >= 0.3 is 0 Å². The second-order valence-electron chi connectivity index (χ2n) is 5.29. The molecule has 0 bridgehead atoms. The Hall–Kier alpha value is -1.59. The number of ether oxygens (including phenoxy) is 2. The molecule has 0 unspecified atom stereocenters. The second-order valence-corrected chi connectivity index (χ2v) is 5.29. The van der Waals surface area contributed by atoms with Gasteiger partial charge in [-0.15, -0.1) is 0 Å². The number of hydrogen-bond donors (Lipinski definition) is 1. The van der Waals surface area contributed by atoms with Crippen LogP contribution in [0.25, 0.3) is 0 Å². The molecule has 1 fully saturated rings. The van der Waals surface area contributed by atoms with Crippen molar-refractivity contribution in [1.82, 2.24) is 4.90 Å². The summed E-state index contributed by atoms with van der Waals surface area (Å²) < 4.78 is 10.1. The van der Waals surface area contributed by atoms with Gasteiger partial charge in [0.25, 0.3) is 0 Å². The van der Waals surface area contributed by atoms with Crippen molar-refractivity contribution in [1.29, 1.82) is 0 Å². The van der Waals surface area contributed by atoms with Crippen LogP contribution >= 0.6 is 0 Å². The third-order valence-electron chi connectivity index (χ3n) is 3.87. The highest BCUT2D eigenvalue weighted by Crippen LogP contribution is 2.28. The van der Waals surface area contributed by atoms with Gasteiger partial charge in [0, 0.05) is 20.2 Å². The molecule has 1 amide bonds. The van der Waals surface area contributed by atoms with E-state index < -0.39 is 0 Å². The van der Waals surface area contributed by atoms with E-state index in [1.165, 1.54) is 5.56 Å². The van der Waals surface area contributed by atoms with E-state index in [1.807, 2.05) is 17.0 Å². The van der Waals surface area contributed by atoms with Gasteiger partial charge in [0.15, 0.2) is 0 Å². The van der Waals surface area contributed by atoms with Crippen molar-refractivity contribution in [3.63, 3.8) is 0 Å². The second kappa shape index (κ2) is 8.00. The van der Waals surface area contributed by atoms with Gasteiger partial charge in [0.05, 0.1) is 13.2 Å². The van der Waals surface area contributed by atoms with Crippen LogP contribution in [0.4, 0.5) is 0 Å². The first-order valence-corrected chi connectivity index (χ1v) is 7.34. The maximum absolute atomic E-state index is 12.0. The average molecular weight is 293 g/mol. The Labute approximate surface area is 125 Å². The van der Waals surface area contributed by atoms with Gasteiger partial charge in [-0.3, -0.25) is 4.79 Å². The summed E-state index contributed by atoms with van der Waals surface area (Å²) in [5.74, 6) is 0.805. The number of hydrogen-bond acceptors (Lipinski definition) is 4. The quantitative estimate of drug-likeness (QED) is 0.812. The van der Waals surface area contributed by atoms with Gasteiger partial charge < -0.3 is 19.5 Å². The van der Waals surface area contributed by atoms with E-state index in [0.29, 0.717) is 24.9 Å². The van der Waals surface area contributed by atoms with Crippen LogP contribution in [-0.4, -0.2) is 55.9 Å². The lowest BCUT2D eigenvalue weighted by Crippen LogP contribution is -2.40. The highest BCUT2D eigenvalue weighted by atomic mass is 16.5. The van der Waals surface area contributed by atoms with E-state index >= 15 is 0 Å². The minimum atomic E-state index is 0.0512. The Balaban J connectivity index is 1.75. The zero-order chi connectivity index (χ0) is 15.1. The minimum Gasteiger partial charge on any atom is -0.508 e. The molecule has 0 spiro atoms. The number of likely N-dealkylation sites (tertiary alicyclic amines) is 1. The molecule has 0 aliphatic carbocycles. The largest absolute Gasteiger partial charge is 0.508 e. The molecule has 0 aromatic heterocycles. The number of phenols is 1. The molecule has 1 heterocycles. The van der Waals surface area contributed by atoms with E-state index in [1.54, 1.807) is 19.2 Å². The number of piperidine rings is 1. The topological polar surface area (TPSA) is 59.0 Å². The van der Waals surface area contributed by atoms with Crippen LogP contribution in [0.5, 0.6) is 5.75 Å². The Morgan fingerprint density at radius 1 is 1.24 bits per heavy atom. The van der Waals surface area contributed by atoms with E-state index in [-0.39, 0.29) is 12.5 Å².